The van der Waals surface area contributed by atoms with Crippen LogP contribution >= 0.6 is 12.4 Å². The number of anilines is 2. The maximum atomic E-state index is 12.3. The van der Waals surface area contributed by atoms with E-state index in [1.165, 1.54) is 0 Å². The fraction of sp³-hybridized carbons (Fsp3) is 0.632. The Bertz CT molecular complexity index is 674. The minimum absolute atomic E-state index is 0. The summed E-state index contributed by atoms with van der Waals surface area (Å²) in [7, 11) is -3.30. The molecule has 1 aromatic carbocycles. The molecule has 1 heterocycles. The SMILES string of the molecule is CCCCS(=O)(=O)Nc1ccc(NC(=O)CC(C)C2CCNCC2)cc1.Cl. The maximum Gasteiger partial charge on any atom is 0.232 e. The van der Waals surface area contributed by atoms with Crippen LogP contribution in [0, 0.1) is 11.8 Å². The van der Waals surface area contributed by atoms with Gasteiger partial charge in [-0.3, -0.25) is 9.52 Å². The normalized spacial score (nSPS) is 16.2. The first-order valence-corrected chi connectivity index (χ1v) is 11.2. The van der Waals surface area contributed by atoms with Gasteiger partial charge in [-0.25, -0.2) is 8.42 Å². The van der Waals surface area contributed by atoms with Crippen molar-refractivity contribution in [2.45, 2.75) is 46.0 Å². The van der Waals surface area contributed by atoms with Crippen molar-refractivity contribution < 1.29 is 13.2 Å². The van der Waals surface area contributed by atoms with Gasteiger partial charge in [-0.05, 0) is 68.5 Å². The van der Waals surface area contributed by atoms with Crippen molar-refractivity contribution in [1.82, 2.24) is 5.32 Å². The van der Waals surface area contributed by atoms with Crippen LogP contribution in [-0.2, 0) is 14.8 Å². The lowest BCUT2D eigenvalue weighted by atomic mass is 9.84. The molecule has 3 N–H and O–H groups in total. The Morgan fingerprint density at radius 1 is 1.19 bits per heavy atom. The van der Waals surface area contributed by atoms with Crippen LogP contribution in [0.15, 0.2) is 24.3 Å². The molecular formula is C19H32ClN3O3S. The minimum Gasteiger partial charge on any atom is -0.326 e. The molecule has 0 bridgehead atoms. The van der Waals surface area contributed by atoms with Gasteiger partial charge >= 0.3 is 0 Å². The summed E-state index contributed by atoms with van der Waals surface area (Å²) in [5.41, 5.74) is 1.20. The number of carbonyl (C=O) groups excluding carboxylic acids is 1. The highest BCUT2D eigenvalue weighted by molar-refractivity contribution is 7.92. The zero-order chi connectivity index (χ0) is 19.0. The molecule has 27 heavy (non-hydrogen) atoms. The van der Waals surface area contributed by atoms with Crippen molar-refractivity contribution in [3.8, 4) is 0 Å². The number of benzene rings is 1. The molecule has 154 valence electrons. The summed E-state index contributed by atoms with van der Waals surface area (Å²) >= 11 is 0. The molecule has 1 unspecified atom stereocenters. The lowest BCUT2D eigenvalue weighted by Gasteiger charge is -2.27. The van der Waals surface area contributed by atoms with E-state index in [2.05, 4.69) is 22.3 Å². The van der Waals surface area contributed by atoms with E-state index in [1.807, 2.05) is 6.92 Å². The molecule has 1 aliphatic rings. The first-order valence-electron chi connectivity index (χ1n) is 9.50. The van der Waals surface area contributed by atoms with Crippen molar-refractivity contribution in [2.75, 3.05) is 28.9 Å². The zero-order valence-electron chi connectivity index (χ0n) is 16.2. The average molecular weight is 418 g/mol. The second-order valence-electron chi connectivity index (χ2n) is 7.17. The molecule has 0 spiro atoms. The fourth-order valence-corrected chi connectivity index (χ4v) is 4.54. The molecule has 2 rings (SSSR count). The summed E-state index contributed by atoms with van der Waals surface area (Å²) in [4.78, 5) is 12.3. The van der Waals surface area contributed by atoms with E-state index in [4.69, 9.17) is 0 Å². The van der Waals surface area contributed by atoms with Gasteiger partial charge in [0.05, 0.1) is 5.75 Å². The van der Waals surface area contributed by atoms with Gasteiger partial charge in [0.1, 0.15) is 0 Å². The van der Waals surface area contributed by atoms with E-state index >= 15 is 0 Å². The Morgan fingerprint density at radius 3 is 2.37 bits per heavy atom. The number of carbonyl (C=O) groups is 1. The topological polar surface area (TPSA) is 87.3 Å². The minimum atomic E-state index is -3.30. The van der Waals surface area contributed by atoms with Gasteiger partial charge in [0, 0.05) is 17.8 Å². The summed E-state index contributed by atoms with van der Waals surface area (Å²) in [5.74, 6) is 1.09. The molecule has 1 aliphatic heterocycles. The van der Waals surface area contributed by atoms with Crippen LogP contribution in [0.25, 0.3) is 0 Å². The van der Waals surface area contributed by atoms with Gasteiger partial charge in [0.2, 0.25) is 15.9 Å². The van der Waals surface area contributed by atoms with Crippen molar-refractivity contribution in [2.24, 2.45) is 11.8 Å². The van der Waals surface area contributed by atoms with Gasteiger partial charge in [0.25, 0.3) is 0 Å². The van der Waals surface area contributed by atoms with E-state index in [0.29, 0.717) is 36.1 Å². The third kappa shape index (κ3) is 8.49. The van der Waals surface area contributed by atoms with Gasteiger partial charge < -0.3 is 10.6 Å². The Morgan fingerprint density at radius 2 is 1.78 bits per heavy atom. The molecule has 0 aromatic heterocycles. The number of rotatable bonds is 9. The molecule has 1 atom stereocenters. The Hall–Kier alpha value is -1.31. The van der Waals surface area contributed by atoms with Crippen LogP contribution in [0.3, 0.4) is 0 Å². The quantitative estimate of drug-likeness (QED) is 0.572. The van der Waals surface area contributed by atoms with Crippen LogP contribution in [0.1, 0.15) is 46.0 Å². The number of hydrogen-bond donors (Lipinski definition) is 3. The third-order valence-electron chi connectivity index (χ3n) is 4.90. The van der Waals surface area contributed by atoms with Crippen molar-refractivity contribution >= 4 is 39.7 Å². The summed E-state index contributed by atoms with van der Waals surface area (Å²) in [5, 5.41) is 6.25. The molecule has 1 saturated heterocycles. The second-order valence-corrected chi connectivity index (χ2v) is 9.01. The third-order valence-corrected chi connectivity index (χ3v) is 6.28. The Labute approximate surface area is 169 Å². The van der Waals surface area contributed by atoms with Gasteiger partial charge in [0.15, 0.2) is 0 Å². The van der Waals surface area contributed by atoms with Crippen molar-refractivity contribution in [3.63, 3.8) is 0 Å². The van der Waals surface area contributed by atoms with Gasteiger partial charge in [-0.1, -0.05) is 20.3 Å². The number of nitrogens with one attached hydrogen (secondary N) is 3. The largest absolute Gasteiger partial charge is 0.326 e. The molecular weight excluding hydrogens is 386 g/mol. The molecule has 1 amide bonds. The van der Waals surface area contributed by atoms with Crippen molar-refractivity contribution in [1.29, 1.82) is 0 Å². The summed E-state index contributed by atoms with van der Waals surface area (Å²) < 4.78 is 26.4. The van der Waals surface area contributed by atoms with Gasteiger partial charge in [-0.15, -0.1) is 12.4 Å². The maximum absolute atomic E-state index is 12.3. The predicted molar refractivity (Wildman–Crippen MR) is 114 cm³/mol. The predicted octanol–water partition coefficient (Wildman–Crippen LogP) is 3.61. The van der Waals surface area contributed by atoms with E-state index in [0.717, 1.165) is 32.4 Å². The monoisotopic (exact) mass is 417 g/mol. The molecule has 1 aromatic rings. The first-order chi connectivity index (χ1) is 12.4. The zero-order valence-corrected chi connectivity index (χ0v) is 17.8. The lowest BCUT2D eigenvalue weighted by molar-refractivity contribution is -0.117. The number of hydrogen-bond acceptors (Lipinski definition) is 4. The molecule has 8 heteroatoms. The molecule has 0 saturated carbocycles. The molecule has 6 nitrogen and oxygen atoms in total. The summed E-state index contributed by atoms with van der Waals surface area (Å²) in [6.45, 7) is 6.17. The highest BCUT2D eigenvalue weighted by Crippen LogP contribution is 2.25. The van der Waals surface area contributed by atoms with Crippen LogP contribution in [-0.4, -0.2) is 33.2 Å². The second kappa shape index (κ2) is 11.5. The van der Waals surface area contributed by atoms with E-state index < -0.39 is 10.0 Å². The number of unbranched alkanes of at least 4 members (excludes halogenated alkanes) is 1. The summed E-state index contributed by atoms with van der Waals surface area (Å²) in [6.07, 6.45) is 4.24. The number of sulfonamides is 1. The van der Waals surface area contributed by atoms with E-state index in [9.17, 15) is 13.2 Å². The Balaban J connectivity index is 0.00000364. The van der Waals surface area contributed by atoms with Crippen LogP contribution in [0.4, 0.5) is 11.4 Å². The van der Waals surface area contributed by atoms with Gasteiger partial charge in [-0.2, -0.15) is 0 Å². The van der Waals surface area contributed by atoms with Crippen molar-refractivity contribution in [3.05, 3.63) is 24.3 Å². The molecule has 1 fully saturated rings. The average Bonchev–Trinajstić information content (AvgIpc) is 2.62. The highest BCUT2D eigenvalue weighted by atomic mass is 35.5. The fourth-order valence-electron chi connectivity index (χ4n) is 3.27. The van der Waals surface area contributed by atoms with E-state index in [1.54, 1.807) is 24.3 Å². The highest BCUT2D eigenvalue weighted by Gasteiger charge is 2.22. The van der Waals surface area contributed by atoms with Crippen LogP contribution in [0.5, 0.6) is 0 Å². The van der Waals surface area contributed by atoms with Crippen LogP contribution in [0.2, 0.25) is 0 Å². The lowest BCUT2D eigenvalue weighted by Crippen LogP contribution is -2.32. The summed E-state index contributed by atoms with van der Waals surface area (Å²) in [6, 6.07) is 6.81. The molecule has 0 aliphatic carbocycles. The smallest absolute Gasteiger partial charge is 0.232 e. The van der Waals surface area contributed by atoms with Crippen LogP contribution < -0.4 is 15.4 Å². The standard InChI is InChI=1S/C19H31N3O3S.ClH/c1-3-4-13-26(24,25)22-18-7-5-17(6-8-18)21-19(23)14-15(2)16-9-11-20-12-10-16;/h5-8,15-16,20,22H,3-4,9-14H2,1-2H3,(H,21,23);1H. The number of piperidine rings is 1. The Kier molecular flexibility index (Phi) is 10.1. The number of amides is 1. The van der Waals surface area contributed by atoms with E-state index in [-0.39, 0.29) is 24.1 Å². The number of halogens is 1. The first kappa shape index (κ1) is 23.7. The molecule has 0 radical (unpaired) electrons.